The van der Waals surface area contributed by atoms with Crippen LogP contribution in [0.2, 0.25) is 0 Å². The van der Waals surface area contributed by atoms with Gasteiger partial charge < -0.3 is 20.1 Å². The molecule has 2 aromatic heterocycles. The number of hydrogen-bond acceptors (Lipinski definition) is 6. The van der Waals surface area contributed by atoms with Crippen molar-refractivity contribution in [2.45, 2.75) is 6.92 Å². The number of carboxylic acid groups (broad SMARTS) is 1. The smallest absolute Gasteiger partial charge is 0.322 e. The third kappa shape index (κ3) is 3.39. The van der Waals surface area contributed by atoms with Crippen LogP contribution in [0.15, 0.2) is 47.1 Å². The highest BCUT2D eigenvalue weighted by molar-refractivity contribution is 5.96. The highest BCUT2D eigenvalue weighted by atomic mass is 16.5. The Kier molecular flexibility index (Phi) is 4.66. The molecule has 1 amide bonds. The van der Waals surface area contributed by atoms with Gasteiger partial charge in [-0.1, -0.05) is 35.5 Å². The maximum Gasteiger partial charge on any atom is 0.322 e. The van der Waals surface area contributed by atoms with E-state index in [1.54, 1.807) is 0 Å². The Balaban J connectivity index is 1.89. The van der Waals surface area contributed by atoms with Gasteiger partial charge in [0.2, 0.25) is 0 Å². The van der Waals surface area contributed by atoms with Gasteiger partial charge in [-0.2, -0.15) is 0 Å². The van der Waals surface area contributed by atoms with Crippen LogP contribution >= 0.6 is 0 Å². The van der Waals surface area contributed by atoms with E-state index in [2.05, 4.69) is 15.5 Å². The van der Waals surface area contributed by atoms with E-state index in [0.717, 1.165) is 11.1 Å². The second-order valence-corrected chi connectivity index (χ2v) is 5.52. The second-order valence-electron chi connectivity index (χ2n) is 5.52. The van der Waals surface area contributed by atoms with Gasteiger partial charge in [0.15, 0.2) is 11.5 Å². The quantitative estimate of drug-likeness (QED) is 0.642. The van der Waals surface area contributed by atoms with E-state index in [9.17, 15) is 14.7 Å². The lowest BCUT2D eigenvalue weighted by Gasteiger charge is -2.05. The van der Waals surface area contributed by atoms with Crippen LogP contribution in [0, 0.1) is 6.92 Å². The first-order valence-corrected chi connectivity index (χ1v) is 7.68. The van der Waals surface area contributed by atoms with Crippen LogP contribution in [0.4, 0.5) is 0 Å². The van der Waals surface area contributed by atoms with Crippen LogP contribution in [0.5, 0.6) is 5.75 Å². The molecule has 8 heteroatoms. The fourth-order valence-electron chi connectivity index (χ4n) is 2.46. The van der Waals surface area contributed by atoms with E-state index in [-0.39, 0.29) is 11.4 Å². The van der Waals surface area contributed by atoms with Crippen molar-refractivity contribution in [3.05, 3.63) is 53.9 Å². The lowest BCUT2D eigenvalue weighted by atomic mass is 10.0. The summed E-state index contributed by atoms with van der Waals surface area (Å²) in [5.74, 6) is -1.94. The standard InChI is InChI=1S/C18H15N3O5/c1-10-15(11-5-3-2-4-6-11)21-26-17(10)12-7-13(22)16(19-8-12)18(25)20-9-14(23)24/h2-8,22H,9H2,1H3,(H,20,25)(H,23,24). The summed E-state index contributed by atoms with van der Waals surface area (Å²) < 4.78 is 5.39. The van der Waals surface area contributed by atoms with Crippen molar-refractivity contribution in [2.24, 2.45) is 0 Å². The first-order valence-electron chi connectivity index (χ1n) is 7.68. The summed E-state index contributed by atoms with van der Waals surface area (Å²) in [7, 11) is 0. The maximum atomic E-state index is 11.8. The van der Waals surface area contributed by atoms with Gasteiger partial charge in [-0.05, 0) is 13.0 Å². The van der Waals surface area contributed by atoms with Crippen molar-refractivity contribution in [3.63, 3.8) is 0 Å². The van der Waals surface area contributed by atoms with Crippen molar-refractivity contribution in [2.75, 3.05) is 6.54 Å². The maximum absolute atomic E-state index is 11.8. The van der Waals surface area contributed by atoms with Crippen LogP contribution in [0.3, 0.4) is 0 Å². The number of nitrogens with zero attached hydrogens (tertiary/aromatic N) is 2. The van der Waals surface area contributed by atoms with Gasteiger partial charge in [0.25, 0.3) is 5.91 Å². The minimum Gasteiger partial charge on any atom is -0.505 e. The number of aromatic nitrogens is 2. The highest BCUT2D eigenvalue weighted by Gasteiger charge is 2.19. The summed E-state index contributed by atoms with van der Waals surface area (Å²) in [6.07, 6.45) is 1.36. The molecule has 0 saturated carbocycles. The van der Waals surface area contributed by atoms with Gasteiger partial charge in [-0.15, -0.1) is 0 Å². The molecule has 0 saturated heterocycles. The molecule has 2 heterocycles. The first-order chi connectivity index (χ1) is 12.5. The molecule has 132 valence electrons. The zero-order chi connectivity index (χ0) is 18.7. The molecule has 3 rings (SSSR count). The summed E-state index contributed by atoms with van der Waals surface area (Å²) >= 11 is 0. The first kappa shape index (κ1) is 17.2. The Morgan fingerprint density at radius 1 is 1.19 bits per heavy atom. The van der Waals surface area contributed by atoms with E-state index in [4.69, 9.17) is 9.63 Å². The molecule has 0 unspecified atom stereocenters. The lowest BCUT2D eigenvalue weighted by molar-refractivity contribution is -0.135. The molecule has 3 N–H and O–H groups in total. The van der Waals surface area contributed by atoms with Gasteiger partial charge in [-0.25, -0.2) is 4.98 Å². The number of carbonyl (C=O) groups excluding carboxylic acids is 1. The third-order valence-electron chi connectivity index (χ3n) is 3.72. The number of amides is 1. The normalized spacial score (nSPS) is 10.5. The molecule has 8 nitrogen and oxygen atoms in total. The second kappa shape index (κ2) is 7.06. The van der Waals surface area contributed by atoms with Gasteiger partial charge in [0, 0.05) is 22.9 Å². The van der Waals surface area contributed by atoms with Crippen molar-refractivity contribution in [1.82, 2.24) is 15.5 Å². The van der Waals surface area contributed by atoms with Gasteiger partial charge in [0.1, 0.15) is 18.0 Å². The summed E-state index contributed by atoms with van der Waals surface area (Å²) in [5, 5.41) is 24.9. The number of hydrogen-bond donors (Lipinski definition) is 3. The third-order valence-corrected chi connectivity index (χ3v) is 3.72. The Bertz CT molecular complexity index is 966. The number of aromatic hydroxyl groups is 1. The molecule has 0 radical (unpaired) electrons. The molecule has 3 aromatic rings. The Morgan fingerprint density at radius 3 is 2.58 bits per heavy atom. The van der Waals surface area contributed by atoms with Crippen molar-refractivity contribution >= 4 is 11.9 Å². The van der Waals surface area contributed by atoms with Crippen LogP contribution < -0.4 is 5.32 Å². The van der Waals surface area contributed by atoms with Crippen LogP contribution in [-0.4, -0.2) is 38.8 Å². The highest BCUT2D eigenvalue weighted by Crippen LogP contribution is 2.32. The number of rotatable bonds is 5. The molecule has 0 aliphatic carbocycles. The van der Waals surface area contributed by atoms with Crippen molar-refractivity contribution < 1.29 is 24.3 Å². The molecule has 26 heavy (non-hydrogen) atoms. The van der Waals surface area contributed by atoms with E-state index < -0.39 is 18.4 Å². The topological polar surface area (TPSA) is 126 Å². The van der Waals surface area contributed by atoms with Crippen LogP contribution in [0.1, 0.15) is 16.1 Å². The monoisotopic (exact) mass is 353 g/mol. The fourth-order valence-corrected chi connectivity index (χ4v) is 2.46. The summed E-state index contributed by atoms with van der Waals surface area (Å²) in [5.41, 5.74) is 2.51. The number of aliphatic carboxylic acids is 1. The molecule has 0 spiro atoms. The molecule has 0 aliphatic rings. The van der Waals surface area contributed by atoms with Gasteiger partial charge in [0.05, 0.1) is 0 Å². The molecule has 0 fully saturated rings. The zero-order valence-corrected chi connectivity index (χ0v) is 13.8. The Labute approximate surface area is 148 Å². The number of carbonyl (C=O) groups is 2. The summed E-state index contributed by atoms with van der Waals surface area (Å²) in [4.78, 5) is 26.3. The Morgan fingerprint density at radius 2 is 1.92 bits per heavy atom. The number of pyridine rings is 1. The van der Waals surface area contributed by atoms with E-state index >= 15 is 0 Å². The van der Waals surface area contributed by atoms with Crippen molar-refractivity contribution in [1.29, 1.82) is 0 Å². The zero-order valence-electron chi connectivity index (χ0n) is 13.8. The fraction of sp³-hybridized carbons (Fsp3) is 0.111. The lowest BCUT2D eigenvalue weighted by Crippen LogP contribution is -2.29. The van der Waals surface area contributed by atoms with Crippen molar-refractivity contribution in [3.8, 4) is 28.3 Å². The Hall–Kier alpha value is -3.68. The van der Waals surface area contributed by atoms with E-state index in [0.29, 0.717) is 17.0 Å². The molecule has 0 atom stereocenters. The minimum absolute atomic E-state index is 0.268. The number of benzene rings is 1. The van der Waals surface area contributed by atoms with Crippen LogP contribution in [-0.2, 0) is 4.79 Å². The van der Waals surface area contributed by atoms with E-state index in [1.807, 2.05) is 37.3 Å². The molecule has 0 aliphatic heterocycles. The van der Waals surface area contributed by atoms with Gasteiger partial charge in [-0.3, -0.25) is 9.59 Å². The minimum atomic E-state index is -1.19. The van der Waals surface area contributed by atoms with Gasteiger partial charge >= 0.3 is 5.97 Å². The van der Waals surface area contributed by atoms with Crippen LogP contribution in [0.25, 0.3) is 22.6 Å². The largest absolute Gasteiger partial charge is 0.505 e. The summed E-state index contributed by atoms with van der Waals surface area (Å²) in [6, 6.07) is 10.8. The number of nitrogens with one attached hydrogen (secondary N) is 1. The average Bonchev–Trinajstić information content (AvgIpc) is 3.01. The molecular weight excluding hydrogens is 338 g/mol. The number of carboxylic acids is 1. The summed E-state index contributed by atoms with van der Waals surface area (Å²) in [6.45, 7) is 1.27. The van der Waals surface area contributed by atoms with E-state index in [1.165, 1.54) is 12.3 Å². The molecule has 1 aromatic carbocycles. The predicted molar refractivity (Wildman–Crippen MR) is 91.5 cm³/mol. The predicted octanol–water partition coefficient (Wildman–Crippen LogP) is 2.23. The molecular formula is C18H15N3O5. The average molecular weight is 353 g/mol. The molecule has 0 bridgehead atoms. The SMILES string of the molecule is Cc1c(-c2ccccc2)noc1-c1cnc(C(=O)NCC(=O)O)c(O)c1.